The fourth-order valence-electron chi connectivity index (χ4n) is 3.20. The predicted molar refractivity (Wildman–Crippen MR) is 101 cm³/mol. The van der Waals surface area contributed by atoms with Crippen molar-refractivity contribution in [3.8, 4) is 0 Å². The number of aromatic nitrogens is 2. The fourth-order valence-corrected chi connectivity index (χ4v) is 4.65. The molecule has 1 fully saturated rings. The zero-order chi connectivity index (χ0) is 16.4. The minimum atomic E-state index is 0.434. The molecule has 4 nitrogen and oxygen atoms in total. The van der Waals surface area contributed by atoms with Crippen LogP contribution in [0, 0.1) is 0 Å². The summed E-state index contributed by atoms with van der Waals surface area (Å²) in [6, 6.07) is 10.6. The van der Waals surface area contributed by atoms with E-state index in [0.717, 1.165) is 42.4 Å². The smallest absolute Gasteiger partial charge is 0.225 e. The zero-order valence-electron chi connectivity index (χ0n) is 13.3. The normalized spacial score (nSPS) is 18.2. The van der Waals surface area contributed by atoms with E-state index in [2.05, 4.69) is 38.4 Å². The van der Waals surface area contributed by atoms with Crippen LogP contribution >= 0.6 is 22.9 Å². The van der Waals surface area contributed by atoms with E-state index in [1.165, 1.54) is 16.0 Å². The molecule has 0 unspecified atom stereocenters. The van der Waals surface area contributed by atoms with Gasteiger partial charge in [0.25, 0.3) is 0 Å². The highest BCUT2D eigenvalue weighted by atomic mass is 35.5. The molecule has 0 amide bonds. The van der Waals surface area contributed by atoms with Crippen LogP contribution in [0.4, 0.5) is 5.95 Å². The molecule has 0 aliphatic carbocycles. The van der Waals surface area contributed by atoms with E-state index >= 15 is 0 Å². The van der Waals surface area contributed by atoms with Gasteiger partial charge >= 0.3 is 0 Å². The number of piperidine rings is 1. The van der Waals surface area contributed by atoms with Gasteiger partial charge in [0, 0.05) is 53.0 Å². The third-order valence-corrected chi connectivity index (χ3v) is 6.12. The lowest BCUT2D eigenvalue weighted by Gasteiger charge is -2.33. The van der Waals surface area contributed by atoms with Gasteiger partial charge in [0.05, 0.1) is 5.02 Å². The number of nitrogens with zero attached hydrogens (tertiary/aromatic N) is 3. The molecule has 1 aliphatic rings. The Labute approximate surface area is 150 Å². The molecule has 0 spiro atoms. The SMILES string of the molecule is Clc1c(CN[C@@H]2CCCN(c3ncccn3)C2)sc2ccccc12. The van der Waals surface area contributed by atoms with Gasteiger partial charge in [-0.2, -0.15) is 0 Å². The van der Waals surface area contributed by atoms with Crippen molar-refractivity contribution in [3.63, 3.8) is 0 Å². The molecule has 3 aromatic rings. The lowest BCUT2D eigenvalue weighted by molar-refractivity contribution is 0.419. The van der Waals surface area contributed by atoms with Gasteiger partial charge in [-0.15, -0.1) is 11.3 Å². The summed E-state index contributed by atoms with van der Waals surface area (Å²) in [5.74, 6) is 0.823. The summed E-state index contributed by atoms with van der Waals surface area (Å²) >= 11 is 8.32. The topological polar surface area (TPSA) is 41.0 Å². The van der Waals surface area contributed by atoms with Crippen molar-refractivity contribution in [2.45, 2.75) is 25.4 Å². The quantitative estimate of drug-likeness (QED) is 0.762. The first-order chi connectivity index (χ1) is 11.8. The molecule has 1 saturated heterocycles. The van der Waals surface area contributed by atoms with Crippen LogP contribution in [0.25, 0.3) is 10.1 Å². The highest BCUT2D eigenvalue weighted by Gasteiger charge is 2.21. The maximum atomic E-state index is 6.54. The molecular weight excluding hydrogens is 340 g/mol. The molecule has 124 valence electrons. The van der Waals surface area contributed by atoms with Crippen molar-refractivity contribution in [1.29, 1.82) is 0 Å². The molecule has 0 saturated carbocycles. The van der Waals surface area contributed by atoms with Crippen LogP contribution in [0.15, 0.2) is 42.7 Å². The molecule has 0 bridgehead atoms. The number of hydrogen-bond acceptors (Lipinski definition) is 5. The van der Waals surface area contributed by atoms with Crippen molar-refractivity contribution in [2.24, 2.45) is 0 Å². The molecule has 24 heavy (non-hydrogen) atoms. The molecule has 3 heterocycles. The lowest BCUT2D eigenvalue weighted by Crippen LogP contribution is -2.46. The minimum absolute atomic E-state index is 0.434. The summed E-state index contributed by atoms with van der Waals surface area (Å²) in [6.07, 6.45) is 5.93. The van der Waals surface area contributed by atoms with Crippen molar-refractivity contribution >= 4 is 39.0 Å². The van der Waals surface area contributed by atoms with Crippen LogP contribution in [0.2, 0.25) is 5.02 Å². The molecule has 4 rings (SSSR count). The number of halogens is 1. The maximum Gasteiger partial charge on any atom is 0.225 e. The summed E-state index contributed by atoms with van der Waals surface area (Å²) in [6.45, 7) is 2.77. The number of fused-ring (bicyclic) bond motifs is 1. The molecule has 1 atom stereocenters. The highest BCUT2D eigenvalue weighted by molar-refractivity contribution is 7.19. The van der Waals surface area contributed by atoms with E-state index in [-0.39, 0.29) is 0 Å². The third-order valence-electron chi connectivity index (χ3n) is 4.41. The van der Waals surface area contributed by atoms with Crippen LogP contribution in [0.3, 0.4) is 0 Å². The van der Waals surface area contributed by atoms with Gasteiger partial charge in [-0.25, -0.2) is 9.97 Å². The van der Waals surface area contributed by atoms with Crippen LogP contribution in [0.5, 0.6) is 0 Å². The summed E-state index contributed by atoms with van der Waals surface area (Å²) in [4.78, 5) is 12.2. The standard InChI is InChI=1S/C18H19ClN4S/c19-17-14-6-1-2-7-15(14)24-16(17)11-22-13-5-3-10-23(12-13)18-20-8-4-9-21-18/h1-2,4,6-9,13,22H,3,5,10-12H2/t13-/m1/s1. The Morgan fingerprint density at radius 2 is 2.04 bits per heavy atom. The summed E-state index contributed by atoms with van der Waals surface area (Å²) in [5.41, 5.74) is 0. The van der Waals surface area contributed by atoms with E-state index < -0.39 is 0 Å². The number of benzene rings is 1. The number of thiophene rings is 1. The Hall–Kier alpha value is -1.69. The van der Waals surface area contributed by atoms with Gasteiger partial charge in [-0.3, -0.25) is 0 Å². The van der Waals surface area contributed by atoms with Crippen LogP contribution in [-0.2, 0) is 6.54 Å². The average Bonchev–Trinajstić information content (AvgIpc) is 2.97. The first-order valence-electron chi connectivity index (χ1n) is 8.22. The Balaban J connectivity index is 1.42. The highest BCUT2D eigenvalue weighted by Crippen LogP contribution is 2.35. The monoisotopic (exact) mass is 358 g/mol. The van der Waals surface area contributed by atoms with Gasteiger partial charge in [-0.05, 0) is 25.0 Å². The first kappa shape index (κ1) is 15.8. The van der Waals surface area contributed by atoms with Gasteiger partial charge in [-0.1, -0.05) is 29.8 Å². The fraction of sp³-hybridized carbons (Fsp3) is 0.333. The Morgan fingerprint density at radius 1 is 1.21 bits per heavy atom. The largest absolute Gasteiger partial charge is 0.339 e. The van der Waals surface area contributed by atoms with Gasteiger partial charge < -0.3 is 10.2 Å². The van der Waals surface area contributed by atoms with E-state index in [1.807, 2.05) is 12.1 Å². The maximum absolute atomic E-state index is 6.54. The first-order valence-corrected chi connectivity index (χ1v) is 9.42. The lowest BCUT2D eigenvalue weighted by atomic mass is 10.1. The van der Waals surface area contributed by atoms with Crippen LogP contribution < -0.4 is 10.2 Å². The van der Waals surface area contributed by atoms with Crippen molar-refractivity contribution in [1.82, 2.24) is 15.3 Å². The van der Waals surface area contributed by atoms with Gasteiger partial charge in [0.15, 0.2) is 0 Å². The second kappa shape index (κ2) is 7.05. The molecule has 6 heteroatoms. The number of nitrogens with one attached hydrogen (secondary N) is 1. The van der Waals surface area contributed by atoms with Crippen molar-refractivity contribution in [3.05, 3.63) is 52.6 Å². The summed E-state index contributed by atoms with van der Waals surface area (Å²) in [7, 11) is 0. The number of hydrogen-bond donors (Lipinski definition) is 1. The van der Waals surface area contributed by atoms with Gasteiger partial charge in [0.2, 0.25) is 5.95 Å². The number of anilines is 1. The molecule has 0 radical (unpaired) electrons. The second-order valence-corrected chi connectivity index (χ2v) is 7.56. The molecular formula is C18H19ClN4S. The van der Waals surface area contributed by atoms with Crippen molar-refractivity contribution in [2.75, 3.05) is 18.0 Å². The minimum Gasteiger partial charge on any atom is -0.339 e. The molecule has 1 aromatic carbocycles. The Bertz CT molecular complexity index is 820. The second-order valence-electron chi connectivity index (χ2n) is 6.05. The molecule has 1 N–H and O–H groups in total. The molecule has 2 aromatic heterocycles. The Kier molecular flexibility index (Phi) is 4.65. The van der Waals surface area contributed by atoms with E-state index in [1.54, 1.807) is 23.7 Å². The van der Waals surface area contributed by atoms with E-state index in [9.17, 15) is 0 Å². The van der Waals surface area contributed by atoms with Gasteiger partial charge in [0.1, 0.15) is 0 Å². The zero-order valence-corrected chi connectivity index (χ0v) is 14.9. The predicted octanol–water partition coefficient (Wildman–Crippen LogP) is 4.10. The van der Waals surface area contributed by atoms with Crippen LogP contribution in [-0.4, -0.2) is 29.1 Å². The Morgan fingerprint density at radius 3 is 2.88 bits per heavy atom. The molecule has 1 aliphatic heterocycles. The third kappa shape index (κ3) is 3.24. The number of rotatable bonds is 4. The average molecular weight is 359 g/mol. The summed E-state index contributed by atoms with van der Waals surface area (Å²) < 4.78 is 1.25. The van der Waals surface area contributed by atoms with Crippen LogP contribution in [0.1, 0.15) is 17.7 Å². The van der Waals surface area contributed by atoms with E-state index in [4.69, 9.17) is 11.6 Å². The summed E-state index contributed by atoms with van der Waals surface area (Å²) in [5, 5.41) is 5.72. The van der Waals surface area contributed by atoms with Crippen molar-refractivity contribution < 1.29 is 0 Å². The van der Waals surface area contributed by atoms with E-state index in [0.29, 0.717) is 6.04 Å².